The molecule has 24 heavy (non-hydrogen) atoms. The largest absolute Gasteiger partial charge is 0.508 e. The lowest BCUT2D eigenvalue weighted by molar-refractivity contribution is 0.102. The third-order valence-corrected chi connectivity index (χ3v) is 4.36. The monoisotopic (exact) mass is 340 g/mol. The minimum Gasteiger partial charge on any atom is -0.508 e. The van der Waals surface area contributed by atoms with Crippen LogP contribution in [0.5, 0.6) is 5.75 Å². The van der Waals surface area contributed by atoms with Crippen LogP contribution in [-0.2, 0) is 0 Å². The van der Waals surface area contributed by atoms with Crippen molar-refractivity contribution in [2.75, 3.05) is 5.75 Å². The highest BCUT2D eigenvalue weighted by molar-refractivity contribution is 7.99. The molecule has 0 fully saturated rings. The molecule has 0 amide bonds. The molecule has 0 saturated carbocycles. The molecule has 1 N–H and O–H groups in total. The third-order valence-electron chi connectivity index (χ3n) is 3.54. The Morgan fingerprint density at radius 2 is 1.88 bits per heavy atom. The van der Waals surface area contributed by atoms with Gasteiger partial charge in [-0.15, -0.1) is 10.2 Å². The summed E-state index contributed by atoms with van der Waals surface area (Å²) in [6, 6.07) is 12.3. The number of carbonyl (C=O) groups excluding carboxylic acids is 1. The number of phenols is 1. The van der Waals surface area contributed by atoms with Gasteiger partial charge in [0.15, 0.2) is 5.78 Å². The molecule has 3 rings (SSSR count). The van der Waals surface area contributed by atoms with Crippen LogP contribution in [0.25, 0.3) is 11.5 Å². The number of phenolic OH excluding ortho intramolecular Hbond substituents is 1. The molecular weight excluding hydrogens is 324 g/mol. The van der Waals surface area contributed by atoms with E-state index in [4.69, 9.17) is 4.42 Å². The van der Waals surface area contributed by atoms with E-state index in [0.717, 1.165) is 16.7 Å². The molecule has 0 aliphatic carbocycles. The van der Waals surface area contributed by atoms with E-state index in [9.17, 15) is 9.90 Å². The van der Waals surface area contributed by atoms with Gasteiger partial charge >= 0.3 is 0 Å². The van der Waals surface area contributed by atoms with Crippen LogP contribution in [0.2, 0.25) is 0 Å². The Labute approximate surface area is 143 Å². The van der Waals surface area contributed by atoms with E-state index >= 15 is 0 Å². The van der Waals surface area contributed by atoms with Crippen molar-refractivity contribution in [3.8, 4) is 17.2 Å². The Morgan fingerprint density at radius 1 is 1.12 bits per heavy atom. The predicted octanol–water partition coefficient (Wildman–Crippen LogP) is 4.03. The number of nitrogens with zero attached hydrogens (tertiary/aromatic N) is 2. The molecule has 0 aliphatic heterocycles. The summed E-state index contributed by atoms with van der Waals surface area (Å²) in [6.45, 7) is 3.89. The lowest BCUT2D eigenvalue weighted by Crippen LogP contribution is -2.05. The van der Waals surface area contributed by atoms with Crippen LogP contribution < -0.4 is 0 Å². The average Bonchev–Trinajstić information content (AvgIpc) is 3.04. The summed E-state index contributed by atoms with van der Waals surface area (Å²) in [4.78, 5) is 12.4. The Hall–Kier alpha value is -2.60. The average molecular weight is 340 g/mol. The van der Waals surface area contributed by atoms with Gasteiger partial charge in [0, 0.05) is 11.1 Å². The molecule has 2 aromatic carbocycles. The normalized spacial score (nSPS) is 10.8. The third kappa shape index (κ3) is 3.65. The van der Waals surface area contributed by atoms with Gasteiger partial charge < -0.3 is 9.52 Å². The number of ketones is 1. The van der Waals surface area contributed by atoms with Crippen molar-refractivity contribution in [2.24, 2.45) is 0 Å². The van der Waals surface area contributed by atoms with Gasteiger partial charge in [0.1, 0.15) is 5.75 Å². The van der Waals surface area contributed by atoms with Gasteiger partial charge in [-0.1, -0.05) is 29.5 Å². The predicted molar refractivity (Wildman–Crippen MR) is 92.4 cm³/mol. The van der Waals surface area contributed by atoms with Crippen LogP contribution >= 0.6 is 11.8 Å². The van der Waals surface area contributed by atoms with Gasteiger partial charge in [0.25, 0.3) is 5.22 Å². The maximum Gasteiger partial charge on any atom is 0.277 e. The Kier molecular flexibility index (Phi) is 4.66. The minimum absolute atomic E-state index is 0.0329. The number of hydrogen-bond donors (Lipinski definition) is 1. The van der Waals surface area contributed by atoms with Gasteiger partial charge in [-0.25, -0.2) is 0 Å². The van der Waals surface area contributed by atoms with Crippen molar-refractivity contribution in [3.63, 3.8) is 0 Å². The van der Waals surface area contributed by atoms with Crippen molar-refractivity contribution in [1.29, 1.82) is 0 Å². The highest BCUT2D eigenvalue weighted by atomic mass is 32.2. The zero-order valence-corrected chi connectivity index (χ0v) is 14.1. The topological polar surface area (TPSA) is 76.2 Å². The van der Waals surface area contributed by atoms with Gasteiger partial charge in [-0.2, -0.15) is 0 Å². The molecule has 1 heterocycles. The first-order chi connectivity index (χ1) is 11.5. The zero-order chi connectivity index (χ0) is 17.1. The highest BCUT2D eigenvalue weighted by Gasteiger charge is 2.14. The molecule has 0 aliphatic rings. The molecule has 5 nitrogen and oxygen atoms in total. The molecule has 3 aromatic rings. The van der Waals surface area contributed by atoms with Crippen LogP contribution in [0, 0.1) is 13.8 Å². The van der Waals surface area contributed by atoms with E-state index in [1.807, 2.05) is 32.0 Å². The zero-order valence-electron chi connectivity index (χ0n) is 13.3. The number of aryl methyl sites for hydroxylation is 2. The fourth-order valence-electron chi connectivity index (χ4n) is 2.23. The van der Waals surface area contributed by atoms with Crippen LogP contribution in [0.3, 0.4) is 0 Å². The summed E-state index contributed by atoms with van der Waals surface area (Å²) in [7, 11) is 0. The molecule has 0 atom stereocenters. The van der Waals surface area contributed by atoms with Crippen molar-refractivity contribution < 1.29 is 14.3 Å². The van der Waals surface area contributed by atoms with Crippen LogP contribution in [0.1, 0.15) is 21.5 Å². The molecule has 6 heteroatoms. The van der Waals surface area contributed by atoms with Crippen LogP contribution in [-0.4, -0.2) is 26.8 Å². The maximum atomic E-state index is 12.4. The molecule has 0 bridgehead atoms. The number of aromatic hydroxyl groups is 1. The quantitative estimate of drug-likeness (QED) is 0.558. The number of hydrogen-bond acceptors (Lipinski definition) is 6. The Morgan fingerprint density at radius 3 is 2.62 bits per heavy atom. The summed E-state index contributed by atoms with van der Waals surface area (Å²) in [5.74, 6) is 0.802. The number of benzene rings is 2. The molecule has 1 aromatic heterocycles. The van der Waals surface area contributed by atoms with Crippen molar-refractivity contribution in [1.82, 2.24) is 10.2 Å². The summed E-state index contributed by atoms with van der Waals surface area (Å²) < 4.78 is 5.56. The fraction of sp³-hybridized carbons (Fsp3) is 0.167. The van der Waals surface area contributed by atoms with E-state index < -0.39 is 0 Å². The first-order valence-electron chi connectivity index (χ1n) is 7.39. The SMILES string of the molecule is Cc1ccc(C)c(C(=O)CSc2nnc(-c3ccc(O)cc3)o2)c1. The van der Waals surface area contributed by atoms with E-state index in [1.165, 1.54) is 11.8 Å². The lowest BCUT2D eigenvalue weighted by Gasteiger charge is -2.04. The van der Waals surface area contributed by atoms with Crippen LogP contribution in [0.15, 0.2) is 52.1 Å². The second-order valence-electron chi connectivity index (χ2n) is 5.45. The second-order valence-corrected chi connectivity index (χ2v) is 6.38. The number of thioether (sulfide) groups is 1. The van der Waals surface area contributed by atoms with Gasteiger partial charge in [0.05, 0.1) is 5.75 Å². The smallest absolute Gasteiger partial charge is 0.277 e. The highest BCUT2D eigenvalue weighted by Crippen LogP contribution is 2.25. The number of aromatic nitrogens is 2. The van der Waals surface area contributed by atoms with Crippen molar-refractivity contribution in [3.05, 3.63) is 59.2 Å². The molecule has 0 spiro atoms. The summed E-state index contributed by atoms with van der Waals surface area (Å²) in [5.41, 5.74) is 3.46. The minimum atomic E-state index is 0.0329. The number of Topliss-reactive ketones (excluding diaryl/α,β-unsaturated/α-hetero) is 1. The van der Waals surface area contributed by atoms with E-state index in [1.54, 1.807) is 24.3 Å². The first-order valence-corrected chi connectivity index (χ1v) is 8.37. The second kappa shape index (κ2) is 6.88. The molecule has 0 unspecified atom stereocenters. The van der Waals surface area contributed by atoms with Crippen molar-refractivity contribution >= 4 is 17.5 Å². The lowest BCUT2D eigenvalue weighted by atomic mass is 10.0. The Bertz CT molecular complexity index is 872. The first kappa shape index (κ1) is 16.3. The van der Waals surface area contributed by atoms with Crippen LogP contribution in [0.4, 0.5) is 0 Å². The standard InChI is InChI=1S/C18H16N2O3S/c1-11-3-4-12(2)15(9-11)16(22)10-24-18-20-19-17(23-18)13-5-7-14(21)8-6-13/h3-9,21H,10H2,1-2H3. The Balaban J connectivity index is 1.68. The molecular formula is C18H16N2O3S. The fourth-order valence-corrected chi connectivity index (χ4v) is 2.88. The van der Waals surface area contributed by atoms with Gasteiger partial charge in [0.2, 0.25) is 5.89 Å². The number of rotatable bonds is 5. The molecule has 0 radical (unpaired) electrons. The van der Waals surface area contributed by atoms with E-state index in [-0.39, 0.29) is 17.3 Å². The van der Waals surface area contributed by atoms with Gasteiger partial charge in [-0.3, -0.25) is 4.79 Å². The van der Waals surface area contributed by atoms with Gasteiger partial charge in [-0.05, 0) is 49.7 Å². The molecule has 0 saturated heterocycles. The molecule has 122 valence electrons. The summed E-state index contributed by atoms with van der Waals surface area (Å²) in [6.07, 6.45) is 0. The van der Waals surface area contributed by atoms with E-state index in [0.29, 0.717) is 16.7 Å². The summed E-state index contributed by atoms with van der Waals surface area (Å²) in [5, 5.41) is 17.6. The summed E-state index contributed by atoms with van der Waals surface area (Å²) >= 11 is 1.22. The maximum absolute atomic E-state index is 12.4. The number of carbonyl (C=O) groups is 1. The van der Waals surface area contributed by atoms with E-state index in [2.05, 4.69) is 10.2 Å². The van der Waals surface area contributed by atoms with Crippen molar-refractivity contribution in [2.45, 2.75) is 19.1 Å².